The SMILES string of the molecule is CC(C)Oc1ccc(C(C)NC(=O)C2(CN)CCCC2)cc1.Cl. The van der Waals surface area contributed by atoms with Crippen LogP contribution in [-0.2, 0) is 4.79 Å². The topological polar surface area (TPSA) is 64.3 Å². The molecule has 1 amide bonds. The highest BCUT2D eigenvalue weighted by Gasteiger charge is 2.40. The van der Waals surface area contributed by atoms with Gasteiger partial charge in [0.2, 0.25) is 5.91 Å². The summed E-state index contributed by atoms with van der Waals surface area (Å²) in [4.78, 5) is 12.6. The van der Waals surface area contributed by atoms with Crippen molar-refractivity contribution in [3.63, 3.8) is 0 Å². The number of carbonyl (C=O) groups excluding carboxylic acids is 1. The molecule has 1 saturated carbocycles. The molecule has 23 heavy (non-hydrogen) atoms. The van der Waals surface area contributed by atoms with Crippen LogP contribution in [0.1, 0.15) is 58.1 Å². The predicted molar refractivity (Wildman–Crippen MR) is 96.0 cm³/mol. The first-order valence-corrected chi connectivity index (χ1v) is 8.24. The monoisotopic (exact) mass is 340 g/mol. The zero-order valence-electron chi connectivity index (χ0n) is 14.3. The zero-order valence-corrected chi connectivity index (χ0v) is 15.1. The summed E-state index contributed by atoms with van der Waals surface area (Å²) >= 11 is 0. The maximum Gasteiger partial charge on any atom is 0.227 e. The summed E-state index contributed by atoms with van der Waals surface area (Å²) in [6.45, 7) is 6.46. The van der Waals surface area contributed by atoms with Crippen LogP contribution in [0.2, 0.25) is 0 Å². The minimum atomic E-state index is -0.352. The Balaban J connectivity index is 0.00000264. The lowest BCUT2D eigenvalue weighted by molar-refractivity contribution is -0.131. The number of carbonyl (C=O) groups is 1. The molecule has 0 saturated heterocycles. The molecule has 3 N–H and O–H groups in total. The number of hydrogen-bond donors (Lipinski definition) is 2. The number of rotatable bonds is 6. The molecule has 5 heteroatoms. The van der Waals surface area contributed by atoms with Crippen LogP contribution in [0.3, 0.4) is 0 Å². The first kappa shape index (κ1) is 19.8. The van der Waals surface area contributed by atoms with Gasteiger partial charge < -0.3 is 15.8 Å². The van der Waals surface area contributed by atoms with Gasteiger partial charge in [-0.2, -0.15) is 0 Å². The fourth-order valence-electron chi connectivity index (χ4n) is 3.12. The molecule has 1 aliphatic carbocycles. The third kappa shape index (κ3) is 4.85. The first-order chi connectivity index (χ1) is 10.5. The molecule has 1 aliphatic rings. The molecule has 1 fully saturated rings. The van der Waals surface area contributed by atoms with Crippen molar-refractivity contribution in [2.24, 2.45) is 11.1 Å². The van der Waals surface area contributed by atoms with Gasteiger partial charge in [0.15, 0.2) is 0 Å². The van der Waals surface area contributed by atoms with Crippen molar-refractivity contribution in [3.8, 4) is 5.75 Å². The standard InChI is InChI=1S/C18H28N2O2.ClH/c1-13(2)22-16-8-6-15(7-9-16)14(3)20-17(21)18(12-19)10-4-5-11-18;/h6-9,13-14H,4-5,10-12,19H2,1-3H3,(H,20,21);1H. The second-order valence-electron chi connectivity index (χ2n) is 6.62. The van der Waals surface area contributed by atoms with E-state index in [1.807, 2.05) is 45.0 Å². The Labute approximate surface area is 145 Å². The second-order valence-corrected chi connectivity index (χ2v) is 6.62. The molecule has 0 radical (unpaired) electrons. The zero-order chi connectivity index (χ0) is 16.2. The molecule has 0 aliphatic heterocycles. The molecule has 1 unspecified atom stereocenters. The molecule has 2 rings (SSSR count). The number of nitrogens with two attached hydrogens (primary N) is 1. The third-order valence-corrected chi connectivity index (χ3v) is 4.53. The van der Waals surface area contributed by atoms with Crippen molar-refractivity contribution >= 4 is 18.3 Å². The maximum absolute atomic E-state index is 12.6. The minimum absolute atomic E-state index is 0. The highest BCUT2D eigenvalue weighted by atomic mass is 35.5. The van der Waals surface area contributed by atoms with Crippen LogP contribution in [0.5, 0.6) is 5.75 Å². The van der Waals surface area contributed by atoms with Crippen LogP contribution in [0.4, 0.5) is 0 Å². The van der Waals surface area contributed by atoms with Crippen molar-refractivity contribution in [2.75, 3.05) is 6.54 Å². The lowest BCUT2D eigenvalue weighted by atomic mass is 9.85. The highest BCUT2D eigenvalue weighted by molar-refractivity contribution is 5.85. The molecule has 130 valence electrons. The molecule has 1 aromatic rings. The quantitative estimate of drug-likeness (QED) is 0.831. The van der Waals surface area contributed by atoms with E-state index in [0.29, 0.717) is 6.54 Å². The Hall–Kier alpha value is -1.26. The van der Waals surface area contributed by atoms with Crippen molar-refractivity contribution in [1.29, 1.82) is 0 Å². The van der Waals surface area contributed by atoms with Crippen molar-refractivity contribution in [1.82, 2.24) is 5.32 Å². The van der Waals surface area contributed by atoms with Gasteiger partial charge in [-0.05, 0) is 51.3 Å². The Morgan fingerprint density at radius 1 is 1.22 bits per heavy atom. The third-order valence-electron chi connectivity index (χ3n) is 4.53. The summed E-state index contributed by atoms with van der Waals surface area (Å²) in [6.07, 6.45) is 4.17. The van der Waals surface area contributed by atoms with Crippen LogP contribution in [-0.4, -0.2) is 18.6 Å². The Kier molecular flexibility index (Phi) is 7.36. The number of halogens is 1. The van der Waals surface area contributed by atoms with Crippen molar-refractivity contribution in [3.05, 3.63) is 29.8 Å². The predicted octanol–water partition coefficient (Wildman–Crippen LogP) is 3.59. The van der Waals surface area contributed by atoms with Gasteiger partial charge in [-0.25, -0.2) is 0 Å². The number of ether oxygens (including phenoxy) is 1. The summed E-state index contributed by atoms with van der Waals surface area (Å²) < 4.78 is 5.64. The lowest BCUT2D eigenvalue weighted by Gasteiger charge is -2.28. The van der Waals surface area contributed by atoms with E-state index in [9.17, 15) is 4.79 Å². The lowest BCUT2D eigenvalue weighted by Crippen LogP contribution is -2.44. The van der Waals surface area contributed by atoms with Gasteiger partial charge in [-0.1, -0.05) is 25.0 Å². The van der Waals surface area contributed by atoms with Crippen LogP contribution in [0.15, 0.2) is 24.3 Å². The molecular weight excluding hydrogens is 312 g/mol. The fourth-order valence-corrected chi connectivity index (χ4v) is 3.12. The van der Waals surface area contributed by atoms with Gasteiger partial charge in [0.05, 0.1) is 17.6 Å². The average molecular weight is 341 g/mol. The summed E-state index contributed by atoms with van der Waals surface area (Å²) in [5, 5.41) is 3.13. The van der Waals surface area contributed by atoms with E-state index in [4.69, 9.17) is 10.5 Å². The van der Waals surface area contributed by atoms with Gasteiger partial charge in [-0.15, -0.1) is 12.4 Å². The van der Waals surface area contributed by atoms with Crippen LogP contribution >= 0.6 is 12.4 Å². The van der Waals surface area contributed by atoms with Gasteiger partial charge in [-0.3, -0.25) is 4.79 Å². The number of amides is 1. The number of benzene rings is 1. The van der Waals surface area contributed by atoms with Gasteiger partial charge in [0, 0.05) is 6.54 Å². The minimum Gasteiger partial charge on any atom is -0.491 e. The maximum atomic E-state index is 12.6. The molecule has 0 heterocycles. The van der Waals surface area contributed by atoms with Gasteiger partial charge in [0.25, 0.3) is 0 Å². The molecule has 1 atom stereocenters. The summed E-state index contributed by atoms with van der Waals surface area (Å²) in [6, 6.07) is 7.89. The normalized spacial score (nSPS) is 17.4. The summed E-state index contributed by atoms with van der Waals surface area (Å²) in [7, 11) is 0. The molecule has 1 aromatic carbocycles. The van der Waals surface area contributed by atoms with E-state index in [2.05, 4.69) is 5.32 Å². The molecule has 0 bridgehead atoms. The largest absolute Gasteiger partial charge is 0.491 e. The molecule has 0 aromatic heterocycles. The Bertz CT molecular complexity index is 496. The molecule has 0 spiro atoms. The fraction of sp³-hybridized carbons (Fsp3) is 0.611. The van der Waals surface area contributed by atoms with Crippen molar-refractivity contribution in [2.45, 2.75) is 58.6 Å². The molecule has 4 nitrogen and oxygen atoms in total. The summed E-state index contributed by atoms with van der Waals surface area (Å²) in [5.74, 6) is 0.953. The first-order valence-electron chi connectivity index (χ1n) is 8.24. The van der Waals surface area contributed by atoms with E-state index >= 15 is 0 Å². The van der Waals surface area contributed by atoms with E-state index in [1.165, 1.54) is 0 Å². The number of hydrogen-bond acceptors (Lipinski definition) is 3. The van der Waals surface area contributed by atoms with Crippen LogP contribution in [0.25, 0.3) is 0 Å². The Morgan fingerprint density at radius 2 is 1.78 bits per heavy atom. The Morgan fingerprint density at radius 3 is 2.26 bits per heavy atom. The highest BCUT2D eigenvalue weighted by Crippen LogP contribution is 2.37. The van der Waals surface area contributed by atoms with Crippen LogP contribution in [0, 0.1) is 5.41 Å². The van der Waals surface area contributed by atoms with E-state index < -0.39 is 0 Å². The smallest absolute Gasteiger partial charge is 0.227 e. The van der Waals surface area contributed by atoms with E-state index in [-0.39, 0.29) is 35.9 Å². The average Bonchev–Trinajstić information content (AvgIpc) is 2.97. The van der Waals surface area contributed by atoms with E-state index in [1.54, 1.807) is 0 Å². The second kappa shape index (κ2) is 8.55. The van der Waals surface area contributed by atoms with Crippen LogP contribution < -0.4 is 15.8 Å². The summed E-state index contributed by atoms with van der Waals surface area (Å²) in [5.41, 5.74) is 6.60. The van der Waals surface area contributed by atoms with Gasteiger partial charge in [0.1, 0.15) is 5.75 Å². The molecular formula is C18H29ClN2O2. The number of nitrogens with one attached hydrogen (secondary N) is 1. The van der Waals surface area contributed by atoms with Crippen molar-refractivity contribution < 1.29 is 9.53 Å². The van der Waals surface area contributed by atoms with E-state index in [0.717, 1.165) is 37.0 Å². The van der Waals surface area contributed by atoms with Gasteiger partial charge >= 0.3 is 0 Å².